The fraction of sp³-hybridized carbons (Fsp3) is 1.00. The summed E-state index contributed by atoms with van der Waals surface area (Å²) in [5, 5.41) is 22.7. The van der Waals surface area contributed by atoms with E-state index < -0.39 is 5.60 Å². The number of aliphatic hydroxyl groups is 2. The van der Waals surface area contributed by atoms with Gasteiger partial charge in [0.1, 0.15) is 0 Å². The van der Waals surface area contributed by atoms with E-state index in [9.17, 15) is 10.2 Å². The Balaban J connectivity index is 1.84. The Morgan fingerprint density at radius 2 is 1.80 bits per heavy atom. The van der Waals surface area contributed by atoms with E-state index in [1.165, 1.54) is 25.7 Å². The maximum absolute atomic E-state index is 11.9. The molecule has 146 valence electrons. The Morgan fingerprint density at radius 1 is 1.08 bits per heavy atom. The Kier molecular flexibility index (Phi) is 5.60. The van der Waals surface area contributed by atoms with E-state index in [4.69, 9.17) is 0 Å². The van der Waals surface area contributed by atoms with Crippen molar-refractivity contribution >= 4 is 0 Å². The average Bonchev–Trinajstić information content (AvgIpc) is 2.55. The Labute approximate surface area is 155 Å². The lowest BCUT2D eigenvalue weighted by Gasteiger charge is -2.61. The highest BCUT2D eigenvalue weighted by molar-refractivity contribution is 5.09. The number of fused-ring (bicyclic) bond motifs is 1. The van der Waals surface area contributed by atoms with Crippen LogP contribution in [0, 0.1) is 23.7 Å². The molecule has 2 N–H and O–H groups in total. The summed E-state index contributed by atoms with van der Waals surface area (Å²) in [4.78, 5) is 2.57. The fourth-order valence-corrected chi connectivity index (χ4v) is 6.91. The van der Waals surface area contributed by atoms with Crippen LogP contribution in [0.25, 0.3) is 0 Å². The summed E-state index contributed by atoms with van der Waals surface area (Å²) in [6.07, 6.45) is 8.89. The van der Waals surface area contributed by atoms with Gasteiger partial charge in [0.2, 0.25) is 0 Å². The van der Waals surface area contributed by atoms with Crippen LogP contribution in [0.5, 0.6) is 0 Å². The topological polar surface area (TPSA) is 43.7 Å². The maximum Gasteiger partial charge on any atom is 0.0855 e. The van der Waals surface area contributed by atoms with Crippen LogP contribution in [0.3, 0.4) is 0 Å². The van der Waals surface area contributed by atoms with Crippen molar-refractivity contribution in [2.75, 3.05) is 6.54 Å². The zero-order valence-electron chi connectivity index (χ0n) is 17.2. The van der Waals surface area contributed by atoms with Crippen molar-refractivity contribution in [2.24, 2.45) is 23.7 Å². The van der Waals surface area contributed by atoms with Crippen molar-refractivity contribution in [2.45, 2.75) is 109 Å². The molecule has 0 aromatic rings. The molecule has 2 aliphatic carbocycles. The fourth-order valence-electron chi connectivity index (χ4n) is 6.91. The first-order chi connectivity index (χ1) is 11.7. The lowest BCUT2D eigenvalue weighted by molar-refractivity contribution is -0.198. The number of aliphatic hydroxyl groups excluding tert-OH is 1. The molecule has 1 aliphatic heterocycles. The molecule has 0 aromatic heterocycles. The van der Waals surface area contributed by atoms with Gasteiger partial charge in [0.05, 0.1) is 11.7 Å². The Bertz CT molecular complexity index is 457. The molecule has 0 spiro atoms. The molecule has 1 heterocycles. The number of piperidine rings is 1. The third kappa shape index (κ3) is 3.19. The number of nitrogens with zero attached hydrogens (tertiary/aromatic N) is 1. The van der Waals surface area contributed by atoms with Gasteiger partial charge in [-0.05, 0) is 77.2 Å². The summed E-state index contributed by atoms with van der Waals surface area (Å²) >= 11 is 0. The third-order valence-corrected chi connectivity index (χ3v) is 8.49. The highest BCUT2D eigenvalue weighted by atomic mass is 16.3. The molecule has 0 unspecified atom stereocenters. The van der Waals surface area contributed by atoms with Gasteiger partial charge in [-0.3, -0.25) is 4.90 Å². The molecule has 7 atom stereocenters. The molecule has 0 aromatic carbocycles. The Morgan fingerprint density at radius 3 is 2.44 bits per heavy atom. The number of hydrogen-bond donors (Lipinski definition) is 2. The second-order valence-corrected chi connectivity index (χ2v) is 10.0. The van der Waals surface area contributed by atoms with Crippen LogP contribution >= 0.6 is 0 Å². The van der Waals surface area contributed by atoms with Gasteiger partial charge in [-0.1, -0.05) is 33.1 Å². The molecule has 3 heteroatoms. The minimum absolute atomic E-state index is 0.0601. The molecule has 2 saturated carbocycles. The average molecular weight is 352 g/mol. The lowest BCUT2D eigenvalue weighted by Crippen LogP contribution is -2.70. The van der Waals surface area contributed by atoms with Gasteiger partial charge in [-0.2, -0.15) is 0 Å². The minimum Gasteiger partial charge on any atom is -0.393 e. The molecule has 3 aliphatic rings. The molecular weight excluding hydrogens is 310 g/mol. The molecule has 3 rings (SSSR count). The predicted molar refractivity (Wildman–Crippen MR) is 103 cm³/mol. The highest BCUT2D eigenvalue weighted by Gasteiger charge is 2.56. The van der Waals surface area contributed by atoms with Gasteiger partial charge in [-0.25, -0.2) is 0 Å². The Hall–Kier alpha value is -0.120. The van der Waals surface area contributed by atoms with E-state index in [0.717, 1.165) is 32.2 Å². The molecular formula is C22H41NO2. The van der Waals surface area contributed by atoms with Gasteiger partial charge < -0.3 is 10.2 Å². The van der Waals surface area contributed by atoms with Crippen LogP contribution in [0.4, 0.5) is 0 Å². The summed E-state index contributed by atoms with van der Waals surface area (Å²) in [7, 11) is 0. The molecule has 25 heavy (non-hydrogen) atoms. The van der Waals surface area contributed by atoms with Crippen molar-refractivity contribution in [1.82, 2.24) is 4.90 Å². The second-order valence-electron chi connectivity index (χ2n) is 10.0. The minimum atomic E-state index is -0.546. The first-order valence-corrected chi connectivity index (χ1v) is 10.9. The van der Waals surface area contributed by atoms with Crippen LogP contribution in [-0.2, 0) is 0 Å². The molecule has 1 saturated heterocycles. The highest BCUT2D eigenvalue weighted by Crippen LogP contribution is 2.51. The maximum atomic E-state index is 11.9. The van der Waals surface area contributed by atoms with Crippen LogP contribution in [0.15, 0.2) is 0 Å². The van der Waals surface area contributed by atoms with Crippen LogP contribution in [0.1, 0.15) is 86.0 Å². The zero-order chi connectivity index (χ0) is 18.4. The lowest BCUT2D eigenvalue weighted by atomic mass is 9.59. The zero-order valence-corrected chi connectivity index (χ0v) is 17.2. The monoisotopic (exact) mass is 351 g/mol. The van der Waals surface area contributed by atoms with Gasteiger partial charge in [-0.15, -0.1) is 0 Å². The summed E-state index contributed by atoms with van der Waals surface area (Å²) in [6.45, 7) is 12.5. The van der Waals surface area contributed by atoms with Crippen molar-refractivity contribution in [1.29, 1.82) is 0 Å². The summed E-state index contributed by atoms with van der Waals surface area (Å²) in [6, 6.07) is 0.179. The largest absolute Gasteiger partial charge is 0.393 e. The van der Waals surface area contributed by atoms with Crippen molar-refractivity contribution in [3.63, 3.8) is 0 Å². The van der Waals surface area contributed by atoms with Gasteiger partial charge in [0, 0.05) is 17.5 Å². The second kappa shape index (κ2) is 7.13. The summed E-state index contributed by atoms with van der Waals surface area (Å²) < 4.78 is 0. The third-order valence-electron chi connectivity index (χ3n) is 8.49. The van der Waals surface area contributed by atoms with E-state index in [1.54, 1.807) is 0 Å². The van der Waals surface area contributed by atoms with Gasteiger partial charge >= 0.3 is 0 Å². The molecule has 0 bridgehead atoms. The SMILES string of the molecule is CC[C@@H]1CCC[C@@H]2CCN(C(C)(C)[C@@H]3CC[C@@H](C)C[C@H]3O)[C@@H](C)[C@]21O. The molecule has 3 nitrogen and oxygen atoms in total. The van der Waals surface area contributed by atoms with E-state index in [-0.39, 0.29) is 17.7 Å². The van der Waals surface area contributed by atoms with Gasteiger partial charge in [0.25, 0.3) is 0 Å². The van der Waals surface area contributed by atoms with Crippen LogP contribution in [-0.4, -0.2) is 44.9 Å². The smallest absolute Gasteiger partial charge is 0.0855 e. The van der Waals surface area contributed by atoms with Crippen molar-refractivity contribution < 1.29 is 10.2 Å². The molecule has 0 amide bonds. The molecule has 3 fully saturated rings. The van der Waals surface area contributed by atoms with Crippen LogP contribution < -0.4 is 0 Å². The number of hydrogen-bond acceptors (Lipinski definition) is 3. The number of likely N-dealkylation sites (tertiary alicyclic amines) is 1. The van der Waals surface area contributed by atoms with Crippen molar-refractivity contribution in [3.8, 4) is 0 Å². The molecule has 0 radical (unpaired) electrons. The number of rotatable bonds is 3. The van der Waals surface area contributed by atoms with E-state index in [1.807, 2.05) is 0 Å². The van der Waals surface area contributed by atoms with Crippen molar-refractivity contribution in [3.05, 3.63) is 0 Å². The summed E-state index contributed by atoms with van der Waals surface area (Å²) in [5.74, 6) is 1.84. The van der Waals surface area contributed by atoms with E-state index >= 15 is 0 Å². The standard InChI is InChI=1S/C22H41NO2/c1-6-17-8-7-9-18-12-13-23(16(3)22(17,18)25)21(4,5)19-11-10-15(2)14-20(19)24/h15-20,24-25H,6-14H2,1-5H3/t15-,16+,17-,18-,19-,20-,22-/m1/s1. The van der Waals surface area contributed by atoms with E-state index in [2.05, 4.69) is 39.5 Å². The quantitative estimate of drug-likeness (QED) is 0.800. The summed E-state index contributed by atoms with van der Waals surface area (Å²) in [5.41, 5.74) is -0.606. The predicted octanol–water partition coefficient (Wildman–Crippen LogP) is 4.21. The van der Waals surface area contributed by atoms with Crippen LogP contribution in [0.2, 0.25) is 0 Å². The first-order valence-electron chi connectivity index (χ1n) is 10.9. The normalized spacial score (nSPS) is 46.7. The van der Waals surface area contributed by atoms with Gasteiger partial charge in [0.15, 0.2) is 0 Å². The van der Waals surface area contributed by atoms with E-state index in [0.29, 0.717) is 23.7 Å². The first kappa shape index (κ1) is 19.6.